The van der Waals surface area contributed by atoms with Gasteiger partial charge < -0.3 is 15.3 Å². The molecule has 3 N–H and O–H groups in total. The van der Waals surface area contributed by atoms with E-state index in [0.717, 1.165) is 11.1 Å². The van der Waals surface area contributed by atoms with Crippen LogP contribution in [0.4, 0.5) is 15.0 Å². The summed E-state index contributed by atoms with van der Waals surface area (Å²) in [6.45, 7) is 7.14. The summed E-state index contributed by atoms with van der Waals surface area (Å²) in [5, 5.41) is 17.0. The zero-order valence-electron chi connectivity index (χ0n) is 16.8. The van der Waals surface area contributed by atoms with Crippen molar-refractivity contribution in [3.05, 3.63) is 75.4 Å². The molecule has 3 aromatic rings. The number of carbonyl (C=O) groups is 1. The van der Waals surface area contributed by atoms with Gasteiger partial charge in [0.2, 0.25) is 0 Å². The maximum Gasteiger partial charge on any atom is 0.321 e. The molecule has 1 aliphatic carbocycles. The Morgan fingerprint density at radius 3 is 2.81 bits per heavy atom. The van der Waals surface area contributed by atoms with Crippen LogP contribution in [0.1, 0.15) is 35.1 Å². The van der Waals surface area contributed by atoms with Gasteiger partial charge in [0.05, 0.1) is 18.3 Å². The Morgan fingerprint density at radius 2 is 2.22 bits per heavy atom. The zero-order valence-corrected chi connectivity index (χ0v) is 17.6. The number of amides is 2. The van der Waals surface area contributed by atoms with Crippen molar-refractivity contribution in [2.75, 3.05) is 11.9 Å². The Morgan fingerprint density at radius 1 is 1.41 bits per heavy atom. The molecule has 1 fully saturated rings. The molecule has 0 bridgehead atoms. The SMILES string of the molecule is [C-]#[N+]C1(c2cc(F)ccc2-c2ccc([C@H](CO)NC(=O)Nc3csc(C#C)n3)nc2)CC1. The van der Waals surface area contributed by atoms with Crippen molar-refractivity contribution in [2.45, 2.75) is 24.4 Å². The van der Waals surface area contributed by atoms with Crippen LogP contribution in [0.5, 0.6) is 0 Å². The molecular weight excluding hydrogens is 429 g/mol. The second-order valence-corrected chi connectivity index (χ2v) is 8.18. The van der Waals surface area contributed by atoms with Gasteiger partial charge >= 0.3 is 6.03 Å². The summed E-state index contributed by atoms with van der Waals surface area (Å²) >= 11 is 1.23. The number of hydrogen-bond donors (Lipinski definition) is 3. The highest BCUT2D eigenvalue weighted by atomic mass is 32.1. The van der Waals surface area contributed by atoms with Gasteiger partial charge in [-0.15, -0.1) is 17.8 Å². The number of rotatable bonds is 6. The molecule has 0 aliphatic heterocycles. The number of terminal acetylenes is 1. The summed E-state index contributed by atoms with van der Waals surface area (Å²) in [5.74, 6) is 2.33. The van der Waals surface area contributed by atoms with Crippen LogP contribution in [0.3, 0.4) is 0 Å². The number of benzene rings is 1. The van der Waals surface area contributed by atoms with Crippen LogP contribution < -0.4 is 10.6 Å². The Labute approximate surface area is 188 Å². The molecule has 1 atom stereocenters. The van der Waals surface area contributed by atoms with Gasteiger partial charge in [0.25, 0.3) is 5.54 Å². The molecule has 1 aliphatic rings. The summed E-state index contributed by atoms with van der Waals surface area (Å²) < 4.78 is 13.9. The molecule has 32 heavy (non-hydrogen) atoms. The fourth-order valence-electron chi connectivity index (χ4n) is 3.40. The highest BCUT2D eigenvalue weighted by molar-refractivity contribution is 7.10. The first-order valence-corrected chi connectivity index (χ1v) is 10.6. The molecule has 2 aromatic heterocycles. The molecule has 0 saturated heterocycles. The molecule has 0 radical (unpaired) electrons. The minimum absolute atomic E-state index is 0.318. The normalized spacial score (nSPS) is 14.6. The number of carbonyl (C=O) groups excluding carboxylic acids is 1. The van der Waals surface area contributed by atoms with Gasteiger partial charge in [-0.25, -0.2) is 20.7 Å². The van der Waals surface area contributed by atoms with E-state index in [-0.39, 0.29) is 12.4 Å². The highest BCUT2D eigenvalue weighted by Crippen LogP contribution is 2.52. The van der Waals surface area contributed by atoms with Gasteiger partial charge in [-0.3, -0.25) is 10.3 Å². The van der Waals surface area contributed by atoms with E-state index < -0.39 is 17.6 Å². The lowest BCUT2D eigenvalue weighted by molar-refractivity contribution is 0.224. The standard InChI is InChI=1S/C23H18FN5O2S/c1-3-21-28-20(13-32-21)29-22(31)27-19(12-30)18-7-4-14(11-26-18)16-6-5-15(24)10-17(16)23(25-2)8-9-23/h1,4-7,10-11,13,19,30H,8-9,12H2,(H2,27,29,31)/t19-/m0/s1. The monoisotopic (exact) mass is 447 g/mol. The third-order valence-corrected chi connectivity index (χ3v) is 6.01. The first kappa shape index (κ1) is 21.4. The average molecular weight is 447 g/mol. The average Bonchev–Trinajstić information content (AvgIpc) is 3.49. The topological polar surface area (TPSA) is 91.5 Å². The maximum absolute atomic E-state index is 13.9. The molecule has 1 saturated carbocycles. The second kappa shape index (κ2) is 8.75. The summed E-state index contributed by atoms with van der Waals surface area (Å²) in [5.41, 5.74) is 1.91. The second-order valence-electron chi connectivity index (χ2n) is 7.32. The maximum atomic E-state index is 13.9. The Hall–Kier alpha value is -3.79. The van der Waals surface area contributed by atoms with Crippen molar-refractivity contribution in [3.63, 3.8) is 0 Å². The van der Waals surface area contributed by atoms with Crippen molar-refractivity contribution in [3.8, 4) is 23.5 Å². The summed E-state index contributed by atoms with van der Waals surface area (Å²) in [7, 11) is 0. The number of urea groups is 1. The Kier molecular flexibility index (Phi) is 5.87. The lowest BCUT2D eigenvalue weighted by atomic mass is 9.94. The van der Waals surface area contributed by atoms with Crippen molar-refractivity contribution in [2.24, 2.45) is 0 Å². The first-order chi connectivity index (χ1) is 15.5. The minimum Gasteiger partial charge on any atom is -0.394 e. The zero-order chi connectivity index (χ0) is 22.7. The Balaban J connectivity index is 1.51. The number of hydrogen-bond acceptors (Lipinski definition) is 5. The molecule has 160 valence electrons. The van der Waals surface area contributed by atoms with E-state index in [2.05, 4.69) is 31.4 Å². The van der Waals surface area contributed by atoms with Crippen molar-refractivity contribution in [1.29, 1.82) is 0 Å². The van der Waals surface area contributed by atoms with Crippen LogP contribution in [0.2, 0.25) is 0 Å². The number of nitrogens with one attached hydrogen (secondary N) is 2. The molecule has 2 heterocycles. The van der Waals surface area contributed by atoms with Crippen molar-refractivity contribution in [1.82, 2.24) is 15.3 Å². The molecule has 1 aromatic carbocycles. The van der Waals surface area contributed by atoms with Gasteiger partial charge in [0, 0.05) is 35.5 Å². The van der Waals surface area contributed by atoms with E-state index in [1.165, 1.54) is 23.5 Å². The van der Waals surface area contributed by atoms with Crippen LogP contribution in [0.25, 0.3) is 16.0 Å². The van der Waals surface area contributed by atoms with E-state index in [9.17, 15) is 14.3 Å². The smallest absolute Gasteiger partial charge is 0.321 e. The molecule has 0 unspecified atom stereocenters. The number of halogens is 1. The third kappa shape index (κ3) is 4.30. The van der Waals surface area contributed by atoms with Crippen LogP contribution in [0, 0.1) is 24.7 Å². The minimum atomic E-state index is -0.750. The van der Waals surface area contributed by atoms with Gasteiger partial charge in [0.1, 0.15) is 11.6 Å². The van der Waals surface area contributed by atoms with Gasteiger partial charge in [0.15, 0.2) is 5.01 Å². The third-order valence-electron chi connectivity index (χ3n) is 5.23. The van der Waals surface area contributed by atoms with Crippen molar-refractivity contribution < 1.29 is 14.3 Å². The number of aromatic nitrogens is 2. The molecular formula is C23H18FN5O2S. The molecule has 7 nitrogen and oxygen atoms in total. The highest BCUT2D eigenvalue weighted by Gasteiger charge is 2.54. The van der Waals surface area contributed by atoms with E-state index in [4.69, 9.17) is 13.0 Å². The first-order valence-electron chi connectivity index (χ1n) is 9.73. The quantitative estimate of drug-likeness (QED) is 0.392. The number of aliphatic hydroxyl groups is 1. The summed E-state index contributed by atoms with van der Waals surface area (Å²) in [6, 6.07) is 6.58. The molecule has 9 heteroatoms. The van der Waals surface area contributed by atoms with E-state index in [1.807, 2.05) is 0 Å². The van der Waals surface area contributed by atoms with Gasteiger partial charge in [-0.05, 0) is 29.7 Å². The van der Waals surface area contributed by atoms with E-state index >= 15 is 0 Å². The largest absolute Gasteiger partial charge is 0.394 e. The lowest BCUT2D eigenvalue weighted by Gasteiger charge is -2.17. The predicted octanol–water partition coefficient (Wildman–Crippen LogP) is 4.09. The number of thiazole rings is 1. The molecule has 4 rings (SSSR count). The summed E-state index contributed by atoms with van der Waals surface area (Å²) in [4.78, 5) is 24.4. The number of aliphatic hydroxyl groups excluding tert-OH is 1. The number of pyridine rings is 1. The van der Waals surface area contributed by atoms with Crippen LogP contribution in [-0.4, -0.2) is 27.7 Å². The molecule has 0 spiro atoms. The number of anilines is 1. The Bertz CT molecular complexity index is 1240. The van der Waals surface area contributed by atoms with Gasteiger partial charge in [-0.2, -0.15) is 0 Å². The fraction of sp³-hybridized carbons (Fsp3) is 0.217. The van der Waals surface area contributed by atoms with Gasteiger partial charge in [-0.1, -0.05) is 12.1 Å². The van der Waals surface area contributed by atoms with Crippen LogP contribution in [0.15, 0.2) is 41.9 Å². The van der Waals surface area contributed by atoms with Crippen molar-refractivity contribution >= 4 is 23.2 Å². The number of nitrogens with zero attached hydrogens (tertiary/aromatic N) is 3. The molecule has 2 amide bonds. The fourth-order valence-corrected chi connectivity index (χ4v) is 3.96. The summed E-state index contributed by atoms with van der Waals surface area (Å²) in [6.07, 6.45) is 8.27. The van der Waals surface area contributed by atoms with E-state index in [0.29, 0.717) is 34.9 Å². The van der Waals surface area contributed by atoms with Crippen LogP contribution >= 0.6 is 11.3 Å². The predicted molar refractivity (Wildman–Crippen MR) is 119 cm³/mol. The van der Waals surface area contributed by atoms with E-state index in [1.54, 1.807) is 29.8 Å². The van der Waals surface area contributed by atoms with Crippen LogP contribution in [-0.2, 0) is 5.54 Å². The lowest BCUT2D eigenvalue weighted by Crippen LogP contribution is -2.34.